The summed E-state index contributed by atoms with van der Waals surface area (Å²) < 4.78 is 0. The predicted molar refractivity (Wildman–Crippen MR) is 92.9 cm³/mol. The lowest BCUT2D eigenvalue weighted by Gasteiger charge is -2.15. The first-order chi connectivity index (χ1) is 11.7. The first kappa shape index (κ1) is 16.2. The van der Waals surface area contributed by atoms with Gasteiger partial charge < -0.3 is 5.32 Å². The molecule has 1 saturated heterocycles. The Kier molecular flexibility index (Phi) is 4.91. The molecule has 1 aliphatic rings. The maximum Gasteiger partial charge on any atom is 0.253 e. The number of hydrogen-bond acceptors (Lipinski definition) is 3. The minimum absolute atomic E-state index is 0.200. The van der Waals surface area contributed by atoms with E-state index < -0.39 is 11.8 Å². The second kappa shape index (κ2) is 7.27. The number of hydrazone groups is 1. The van der Waals surface area contributed by atoms with Crippen LogP contribution in [0.4, 0.5) is 0 Å². The highest BCUT2D eigenvalue weighted by molar-refractivity contribution is 6.33. The molecule has 1 fully saturated rings. The molecule has 1 heterocycles. The largest absolute Gasteiger partial charge is 0.355 e. The summed E-state index contributed by atoms with van der Waals surface area (Å²) in [6.45, 7) is 0.440. The van der Waals surface area contributed by atoms with Gasteiger partial charge in [-0.15, -0.1) is 0 Å². The van der Waals surface area contributed by atoms with E-state index >= 15 is 0 Å². The maximum absolute atomic E-state index is 12.4. The fraction of sp³-hybridized carbons (Fsp3) is 0.167. The van der Waals surface area contributed by atoms with Crippen LogP contribution >= 0.6 is 11.6 Å². The molecule has 2 aromatic rings. The third kappa shape index (κ3) is 3.46. The summed E-state index contributed by atoms with van der Waals surface area (Å²) in [4.78, 5) is 24.4. The van der Waals surface area contributed by atoms with Gasteiger partial charge in [0.15, 0.2) is 0 Å². The smallest absolute Gasteiger partial charge is 0.253 e. The topological polar surface area (TPSA) is 70.6 Å². The van der Waals surface area contributed by atoms with Gasteiger partial charge in [0.2, 0.25) is 5.91 Å². The van der Waals surface area contributed by atoms with E-state index in [9.17, 15) is 9.59 Å². The Hall–Kier alpha value is -2.66. The second-order valence-corrected chi connectivity index (χ2v) is 5.90. The Bertz CT molecular complexity index is 777. The Morgan fingerprint density at radius 3 is 2.62 bits per heavy atom. The van der Waals surface area contributed by atoms with E-state index in [1.807, 2.05) is 42.5 Å². The predicted octanol–water partition coefficient (Wildman–Crippen LogP) is 2.32. The molecular formula is C18H16ClN3O2. The monoisotopic (exact) mass is 341 g/mol. The fourth-order valence-electron chi connectivity index (χ4n) is 2.75. The van der Waals surface area contributed by atoms with Crippen LogP contribution in [-0.2, 0) is 9.59 Å². The zero-order chi connectivity index (χ0) is 16.9. The summed E-state index contributed by atoms with van der Waals surface area (Å²) in [6.07, 6.45) is 1.46. The van der Waals surface area contributed by atoms with Crippen molar-refractivity contribution in [1.29, 1.82) is 0 Å². The average molecular weight is 342 g/mol. The van der Waals surface area contributed by atoms with Crippen molar-refractivity contribution in [3.05, 3.63) is 70.7 Å². The molecule has 2 aromatic carbocycles. The number of carbonyl (C=O) groups excluding carboxylic acids is 2. The van der Waals surface area contributed by atoms with E-state index in [1.165, 1.54) is 6.21 Å². The molecule has 1 aliphatic heterocycles. The molecule has 2 N–H and O–H groups in total. The minimum Gasteiger partial charge on any atom is -0.355 e. The van der Waals surface area contributed by atoms with Crippen LogP contribution in [0.1, 0.15) is 17.0 Å². The zero-order valence-electron chi connectivity index (χ0n) is 12.8. The second-order valence-electron chi connectivity index (χ2n) is 5.50. The lowest BCUT2D eigenvalue weighted by Crippen LogP contribution is -2.34. The van der Waals surface area contributed by atoms with E-state index in [2.05, 4.69) is 15.8 Å². The van der Waals surface area contributed by atoms with Crippen LogP contribution < -0.4 is 10.7 Å². The lowest BCUT2D eigenvalue weighted by atomic mass is 9.88. The van der Waals surface area contributed by atoms with Crippen LogP contribution in [0.3, 0.4) is 0 Å². The highest BCUT2D eigenvalue weighted by Crippen LogP contribution is 2.28. The van der Waals surface area contributed by atoms with Gasteiger partial charge in [-0.3, -0.25) is 9.59 Å². The van der Waals surface area contributed by atoms with Crippen molar-refractivity contribution in [2.24, 2.45) is 11.0 Å². The fourth-order valence-corrected chi connectivity index (χ4v) is 2.93. The molecule has 3 rings (SSSR count). The van der Waals surface area contributed by atoms with Crippen molar-refractivity contribution in [2.45, 2.75) is 5.92 Å². The van der Waals surface area contributed by atoms with E-state index in [0.29, 0.717) is 17.1 Å². The normalized spacial score (nSPS) is 20.1. The Labute approximate surface area is 144 Å². The number of carbonyl (C=O) groups is 2. The number of nitrogens with zero attached hydrogens (tertiary/aromatic N) is 1. The molecule has 0 bridgehead atoms. The highest BCUT2D eigenvalue weighted by atomic mass is 35.5. The molecule has 6 heteroatoms. The summed E-state index contributed by atoms with van der Waals surface area (Å²) >= 11 is 6.02. The summed E-state index contributed by atoms with van der Waals surface area (Å²) in [5.41, 5.74) is 4.08. The number of rotatable bonds is 4. The summed E-state index contributed by atoms with van der Waals surface area (Å²) in [5.74, 6) is -1.71. The molecule has 0 spiro atoms. The summed E-state index contributed by atoms with van der Waals surface area (Å²) in [6, 6.07) is 16.7. The van der Waals surface area contributed by atoms with Crippen molar-refractivity contribution >= 4 is 29.6 Å². The van der Waals surface area contributed by atoms with Crippen molar-refractivity contribution in [1.82, 2.24) is 10.7 Å². The molecule has 2 amide bonds. The Morgan fingerprint density at radius 1 is 1.17 bits per heavy atom. The summed E-state index contributed by atoms with van der Waals surface area (Å²) in [7, 11) is 0. The number of nitrogens with one attached hydrogen (secondary N) is 2. The molecule has 24 heavy (non-hydrogen) atoms. The third-order valence-corrected chi connectivity index (χ3v) is 4.32. The zero-order valence-corrected chi connectivity index (χ0v) is 13.5. The van der Waals surface area contributed by atoms with Crippen LogP contribution in [0.2, 0.25) is 5.02 Å². The molecule has 5 nitrogen and oxygen atoms in total. The van der Waals surface area contributed by atoms with Crippen molar-refractivity contribution in [3.8, 4) is 0 Å². The van der Waals surface area contributed by atoms with Crippen LogP contribution in [-0.4, -0.2) is 24.6 Å². The lowest BCUT2D eigenvalue weighted by molar-refractivity contribution is -0.133. The maximum atomic E-state index is 12.4. The number of hydrogen-bond donors (Lipinski definition) is 2. The molecule has 0 unspecified atom stereocenters. The molecule has 0 saturated carbocycles. The number of halogens is 1. The molecule has 0 aliphatic carbocycles. The highest BCUT2D eigenvalue weighted by Gasteiger charge is 2.40. The minimum atomic E-state index is -0.796. The van der Waals surface area contributed by atoms with Gasteiger partial charge in [-0.2, -0.15) is 5.10 Å². The van der Waals surface area contributed by atoms with Crippen LogP contribution in [0.15, 0.2) is 59.7 Å². The Morgan fingerprint density at radius 2 is 1.88 bits per heavy atom. The van der Waals surface area contributed by atoms with Gasteiger partial charge in [0.05, 0.1) is 6.21 Å². The number of benzene rings is 2. The van der Waals surface area contributed by atoms with Crippen LogP contribution in [0.5, 0.6) is 0 Å². The SMILES string of the molecule is O=C1NC[C@H](c2ccccc2)[C@H]1C(=O)NN=Cc1ccccc1Cl. The van der Waals surface area contributed by atoms with Gasteiger partial charge in [-0.05, 0) is 11.6 Å². The molecule has 122 valence electrons. The molecule has 2 atom stereocenters. The van der Waals surface area contributed by atoms with Crippen molar-refractivity contribution < 1.29 is 9.59 Å². The molecular weight excluding hydrogens is 326 g/mol. The van der Waals surface area contributed by atoms with Crippen LogP contribution in [0.25, 0.3) is 0 Å². The van der Waals surface area contributed by atoms with Crippen LogP contribution in [0, 0.1) is 5.92 Å². The van der Waals surface area contributed by atoms with Gasteiger partial charge in [0.1, 0.15) is 5.92 Å². The van der Waals surface area contributed by atoms with Gasteiger partial charge in [0, 0.05) is 23.0 Å². The number of amides is 2. The molecule has 0 aromatic heterocycles. The van der Waals surface area contributed by atoms with Crippen molar-refractivity contribution in [3.63, 3.8) is 0 Å². The average Bonchev–Trinajstić information content (AvgIpc) is 2.99. The summed E-state index contributed by atoms with van der Waals surface area (Å²) in [5, 5.41) is 7.20. The van der Waals surface area contributed by atoms with E-state index in [1.54, 1.807) is 12.1 Å². The molecule has 0 radical (unpaired) electrons. The van der Waals surface area contributed by atoms with E-state index in [0.717, 1.165) is 5.56 Å². The Balaban J connectivity index is 1.71. The van der Waals surface area contributed by atoms with Gasteiger partial charge in [-0.25, -0.2) is 5.43 Å². The van der Waals surface area contributed by atoms with Gasteiger partial charge in [0.25, 0.3) is 5.91 Å². The van der Waals surface area contributed by atoms with Crippen molar-refractivity contribution in [2.75, 3.05) is 6.54 Å². The standard InChI is InChI=1S/C18H16ClN3O2/c19-15-9-5-4-8-13(15)10-21-22-18(24)16-14(11-20-17(16)23)12-6-2-1-3-7-12/h1-10,14,16H,11H2,(H,20,23)(H,22,24)/t14-,16-/m1/s1. The first-order valence-corrected chi connectivity index (χ1v) is 7.94. The first-order valence-electron chi connectivity index (χ1n) is 7.57. The third-order valence-electron chi connectivity index (χ3n) is 3.97. The van der Waals surface area contributed by atoms with E-state index in [-0.39, 0.29) is 11.8 Å². The quantitative estimate of drug-likeness (QED) is 0.509. The van der Waals surface area contributed by atoms with Gasteiger partial charge >= 0.3 is 0 Å². The van der Waals surface area contributed by atoms with Gasteiger partial charge in [-0.1, -0.05) is 60.1 Å². The van der Waals surface area contributed by atoms with E-state index in [4.69, 9.17) is 11.6 Å².